The van der Waals surface area contributed by atoms with Crippen LogP contribution >= 0.6 is 0 Å². The van der Waals surface area contributed by atoms with E-state index >= 15 is 0 Å². The van der Waals surface area contributed by atoms with Crippen LogP contribution in [0.5, 0.6) is 0 Å². The van der Waals surface area contributed by atoms with Crippen molar-refractivity contribution in [1.29, 1.82) is 0 Å². The second-order valence-electron chi connectivity index (χ2n) is 3.51. The van der Waals surface area contributed by atoms with Crippen molar-refractivity contribution in [3.05, 3.63) is 29.8 Å². The molecule has 9 heteroatoms. The normalized spacial score (nSPS) is 11.9. The van der Waals surface area contributed by atoms with Gasteiger partial charge >= 0.3 is 0 Å². The van der Waals surface area contributed by atoms with E-state index in [0.29, 0.717) is 5.76 Å². The lowest BCUT2D eigenvalue weighted by atomic mass is 10.4. The summed E-state index contributed by atoms with van der Waals surface area (Å²) < 4.78 is 36.0. The minimum absolute atomic E-state index is 0.0542. The van der Waals surface area contributed by atoms with E-state index < -0.39 is 10.0 Å². The van der Waals surface area contributed by atoms with Gasteiger partial charge in [-0.2, -0.15) is 4.98 Å². The van der Waals surface area contributed by atoms with Crippen molar-refractivity contribution in [2.24, 2.45) is 5.73 Å². The van der Waals surface area contributed by atoms with Crippen LogP contribution in [0.1, 0.15) is 17.3 Å². The topological polar surface area (TPSA) is 124 Å². The SMILES string of the molecule is Cc1oc(CN)cc1S(=O)(=O)NCc1ncon1. The molecule has 0 saturated carbocycles. The molecule has 0 bridgehead atoms. The van der Waals surface area contributed by atoms with Crippen LogP contribution in [0, 0.1) is 6.92 Å². The number of aryl methyl sites for hydroxylation is 1. The second kappa shape index (κ2) is 4.88. The molecule has 0 amide bonds. The van der Waals surface area contributed by atoms with Gasteiger partial charge in [-0.05, 0) is 6.92 Å². The van der Waals surface area contributed by atoms with E-state index in [0.717, 1.165) is 6.39 Å². The number of nitrogens with zero attached hydrogens (tertiary/aromatic N) is 2. The van der Waals surface area contributed by atoms with Gasteiger partial charge in [0.2, 0.25) is 16.4 Å². The van der Waals surface area contributed by atoms with E-state index in [-0.39, 0.29) is 29.6 Å². The van der Waals surface area contributed by atoms with Crippen molar-refractivity contribution >= 4 is 10.0 Å². The fraction of sp³-hybridized carbons (Fsp3) is 0.333. The molecule has 0 atom stereocenters. The Morgan fingerprint density at radius 3 is 2.83 bits per heavy atom. The molecular weight excluding hydrogens is 260 g/mol. The van der Waals surface area contributed by atoms with Crippen LogP contribution in [0.3, 0.4) is 0 Å². The van der Waals surface area contributed by atoms with Crippen LogP contribution in [0.15, 0.2) is 26.3 Å². The maximum Gasteiger partial charge on any atom is 0.244 e. The average molecular weight is 272 g/mol. The molecule has 2 rings (SSSR count). The van der Waals surface area contributed by atoms with Crippen molar-refractivity contribution < 1.29 is 17.4 Å². The minimum Gasteiger partial charge on any atom is -0.464 e. The molecule has 2 heterocycles. The molecule has 18 heavy (non-hydrogen) atoms. The van der Waals surface area contributed by atoms with Crippen molar-refractivity contribution in [3.63, 3.8) is 0 Å². The molecule has 0 aliphatic heterocycles. The molecule has 2 aromatic rings. The highest BCUT2D eigenvalue weighted by Crippen LogP contribution is 2.19. The van der Waals surface area contributed by atoms with Gasteiger partial charge in [0.25, 0.3) is 0 Å². The standard InChI is InChI=1S/C9H12N4O4S/c1-6-8(2-7(3-10)17-6)18(14,15)12-4-9-11-5-16-13-9/h2,5,12H,3-4,10H2,1H3. The Kier molecular flexibility index (Phi) is 3.45. The molecule has 0 aliphatic carbocycles. The quantitative estimate of drug-likeness (QED) is 0.779. The van der Waals surface area contributed by atoms with Crippen molar-refractivity contribution in [2.45, 2.75) is 24.9 Å². The number of furan rings is 1. The highest BCUT2D eigenvalue weighted by atomic mass is 32.2. The zero-order valence-electron chi connectivity index (χ0n) is 9.58. The van der Waals surface area contributed by atoms with E-state index in [2.05, 4.69) is 19.4 Å². The van der Waals surface area contributed by atoms with Gasteiger partial charge in [-0.3, -0.25) is 0 Å². The Morgan fingerprint density at radius 2 is 2.28 bits per heavy atom. The van der Waals surface area contributed by atoms with Crippen LogP contribution < -0.4 is 10.5 Å². The van der Waals surface area contributed by atoms with Crippen molar-refractivity contribution in [3.8, 4) is 0 Å². The van der Waals surface area contributed by atoms with Gasteiger partial charge in [0.1, 0.15) is 16.4 Å². The number of aromatic nitrogens is 2. The summed E-state index contributed by atoms with van der Waals surface area (Å²) in [6.07, 6.45) is 1.12. The molecule has 98 valence electrons. The first-order valence-corrected chi connectivity index (χ1v) is 6.55. The lowest BCUT2D eigenvalue weighted by Gasteiger charge is -2.02. The second-order valence-corrected chi connectivity index (χ2v) is 5.24. The van der Waals surface area contributed by atoms with Crippen LogP contribution in [0.25, 0.3) is 0 Å². The Balaban J connectivity index is 2.17. The summed E-state index contributed by atoms with van der Waals surface area (Å²) in [4.78, 5) is 3.77. The first-order valence-electron chi connectivity index (χ1n) is 5.07. The fourth-order valence-electron chi connectivity index (χ4n) is 1.40. The number of nitrogens with two attached hydrogens (primary N) is 1. The zero-order valence-corrected chi connectivity index (χ0v) is 10.4. The fourth-order valence-corrected chi connectivity index (χ4v) is 2.58. The molecule has 0 aliphatic rings. The summed E-state index contributed by atoms with van der Waals surface area (Å²) in [7, 11) is -3.68. The Bertz CT molecular complexity index is 617. The monoisotopic (exact) mass is 272 g/mol. The predicted molar refractivity (Wildman–Crippen MR) is 59.7 cm³/mol. The van der Waals surface area contributed by atoms with Gasteiger partial charge in [0.05, 0.1) is 13.1 Å². The Labute approximate surface area is 103 Å². The summed E-state index contributed by atoms with van der Waals surface area (Å²) in [5.74, 6) is 0.947. The molecule has 3 N–H and O–H groups in total. The molecule has 0 aromatic carbocycles. The molecule has 0 saturated heterocycles. The van der Waals surface area contributed by atoms with Crippen LogP contribution in [0.4, 0.5) is 0 Å². The van der Waals surface area contributed by atoms with E-state index in [1.54, 1.807) is 6.92 Å². The van der Waals surface area contributed by atoms with Gasteiger partial charge < -0.3 is 14.7 Å². The minimum atomic E-state index is -3.68. The number of hydrogen-bond acceptors (Lipinski definition) is 7. The van der Waals surface area contributed by atoms with Crippen LogP contribution in [-0.4, -0.2) is 18.6 Å². The maximum atomic E-state index is 12.0. The third-order valence-electron chi connectivity index (χ3n) is 2.24. The average Bonchev–Trinajstić information content (AvgIpc) is 2.95. The predicted octanol–water partition coefficient (Wildman–Crippen LogP) is -0.0918. The molecule has 2 aromatic heterocycles. The summed E-state index contributed by atoms with van der Waals surface area (Å²) in [6.45, 7) is 1.64. The molecule has 0 spiro atoms. The van der Waals surface area contributed by atoms with E-state index in [4.69, 9.17) is 10.2 Å². The molecule has 0 radical (unpaired) electrons. The smallest absolute Gasteiger partial charge is 0.244 e. The summed E-state index contributed by atoms with van der Waals surface area (Å²) >= 11 is 0. The Morgan fingerprint density at radius 1 is 1.50 bits per heavy atom. The van der Waals surface area contributed by atoms with Crippen molar-refractivity contribution in [1.82, 2.24) is 14.9 Å². The highest BCUT2D eigenvalue weighted by molar-refractivity contribution is 7.89. The van der Waals surface area contributed by atoms with Crippen molar-refractivity contribution in [2.75, 3.05) is 0 Å². The number of rotatable bonds is 5. The highest BCUT2D eigenvalue weighted by Gasteiger charge is 2.21. The molecule has 8 nitrogen and oxygen atoms in total. The van der Waals surface area contributed by atoms with Gasteiger partial charge in [-0.1, -0.05) is 5.16 Å². The van der Waals surface area contributed by atoms with Crippen LogP contribution in [-0.2, 0) is 23.1 Å². The summed E-state index contributed by atoms with van der Waals surface area (Å²) in [6, 6.07) is 1.40. The number of nitrogens with one attached hydrogen (secondary N) is 1. The largest absolute Gasteiger partial charge is 0.464 e. The summed E-state index contributed by atoms with van der Waals surface area (Å²) in [5.41, 5.74) is 5.39. The third kappa shape index (κ3) is 2.58. The first kappa shape index (κ1) is 12.7. The van der Waals surface area contributed by atoms with Gasteiger partial charge in [-0.25, -0.2) is 13.1 Å². The molecular formula is C9H12N4O4S. The maximum absolute atomic E-state index is 12.0. The van der Waals surface area contributed by atoms with E-state index in [1.807, 2.05) is 0 Å². The Hall–Kier alpha value is -1.71. The summed E-state index contributed by atoms with van der Waals surface area (Å²) in [5, 5.41) is 3.50. The third-order valence-corrected chi connectivity index (χ3v) is 3.75. The molecule has 0 unspecified atom stereocenters. The van der Waals surface area contributed by atoms with E-state index in [9.17, 15) is 8.42 Å². The lowest BCUT2D eigenvalue weighted by Crippen LogP contribution is -2.24. The van der Waals surface area contributed by atoms with Crippen LogP contribution in [0.2, 0.25) is 0 Å². The number of sulfonamides is 1. The van der Waals surface area contributed by atoms with Gasteiger partial charge in [0, 0.05) is 6.07 Å². The van der Waals surface area contributed by atoms with Gasteiger partial charge in [-0.15, -0.1) is 0 Å². The van der Waals surface area contributed by atoms with E-state index in [1.165, 1.54) is 6.07 Å². The molecule has 0 fully saturated rings. The lowest BCUT2D eigenvalue weighted by molar-refractivity contribution is 0.409. The zero-order chi connectivity index (χ0) is 13.2. The first-order chi connectivity index (χ1) is 8.53. The van der Waals surface area contributed by atoms with Gasteiger partial charge in [0.15, 0.2) is 5.82 Å². The number of hydrogen-bond donors (Lipinski definition) is 2.